The number of hydrogen-bond acceptors (Lipinski definition) is 4. The van der Waals surface area contributed by atoms with Crippen LogP contribution in [-0.2, 0) is 11.8 Å². The molecule has 2 N–H and O–H groups in total. The van der Waals surface area contributed by atoms with E-state index in [1.54, 1.807) is 10.9 Å². The second-order valence-electron chi connectivity index (χ2n) is 13.0. The monoisotopic (exact) mass is 600 g/mol. The van der Waals surface area contributed by atoms with Crippen molar-refractivity contribution in [3.63, 3.8) is 0 Å². The van der Waals surface area contributed by atoms with E-state index in [9.17, 15) is 9.59 Å². The van der Waals surface area contributed by atoms with Crippen molar-refractivity contribution in [2.45, 2.75) is 52.4 Å². The Balaban J connectivity index is 1.08. The molecular formula is C37H40N6O2. The molecule has 8 nitrogen and oxygen atoms in total. The maximum absolute atomic E-state index is 13.4. The fourth-order valence-electron chi connectivity index (χ4n) is 5.90. The minimum absolute atomic E-state index is 0.0719. The Morgan fingerprint density at radius 2 is 1.64 bits per heavy atom. The van der Waals surface area contributed by atoms with Gasteiger partial charge in [-0.05, 0) is 74.1 Å². The SMILES string of the molecule is Cc1ccc(-n2nc(C(C)(C)C)cc2NC(=O)Nc2cccc(CC3CCN(C(=O)c4ccnc5ccccc45)CC3)c2)cc1. The molecule has 1 saturated heterocycles. The van der Waals surface area contributed by atoms with Gasteiger partial charge in [-0.2, -0.15) is 5.10 Å². The molecule has 1 fully saturated rings. The molecule has 3 aromatic carbocycles. The summed E-state index contributed by atoms with van der Waals surface area (Å²) in [5.41, 5.74) is 6.22. The average molecular weight is 601 g/mol. The van der Waals surface area contributed by atoms with Gasteiger partial charge in [0.1, 0.15) is 5.82 Å². The molecule has 0 aliphatic carbocycles. The summed E-state index contributed by atoms with van der Waals surface area (Å²) in [5, 5.41) is 11.7. The minimum atomic E-state index is -0.323. The van der Waals surface area contributed by atoms with Gasteiger partial charge in [0.2, 0.25) is 0 Å². The highest BCUT2D eigenvalue weighted by Crippen LogP contribution is 2.28. The lowest BCUT2D eigenvalue weighted by Crippen LogP contribution is -2.39. The van der Waals surface area contributed by atoms with Crippen LogP contribution in [-0.4, -0.2) is 44.7 Å². The van der Waals surface area contributed by atoms with Gasteiger partial charge in [-0.1, -0.05) is 68.8 Å². The van der Waals surface area contributed by atoms with Crippen LogP contribution in [0.1, 0.15) is 60.8 Å². The molecule has 5 aromatic rings. The molecule has 0 radical (unpaired) electrons. The number of fused-ring (bicyclic) bond motifs is 1. The number of rotatable bonds is 6. The molecule has 0 unspecified atom stereocenters. The first-order valence-electron chi connectivity index (χ1n) is 15.6. The highest BCUT2D eigenvalue weighted by atomic mass is 16.2. The number of carbonyl (C=O) groups is 2. The van der Waals surface area contributed by atoms with Gasteiger partial charge in [0.25, 0.3) is 5.91 Å². The molecule has 6 rings (SSSR count). The summed E-state index contributed by atoms with van der Waals surface area (Å²) in [4.78, 5) is 32.9. The van der Waals surface area contributed by atoms with Crippen LogP contribution in [0, 0.1) is 12.8 Å². The molecular weight excluding hydrogens is 560 g/mol. The number of pyridine rings is 1. The summed E-state index contributed by atoms with van der Waals surface area (Å²) >= 11 is 0. The zero-order chi connectivity index (χ0) is 31.6. The Hall–Kier alpha value is -4.98. The molecule has 1 aliphatic rings. The van der Waals surface area contributed by atoms with Crippen LogP contribution in [0.4, 0.5) is 16.3 Å². The first kappa shape index (κ1) is 30.1. The highest BCUT2D eigenvalue weighted by molar-refractivity contribution is 6.06. The van der Waals surface area contributed by atoms with E-state index in [4.69, 9.17) is 5.10 Å². The maximum atomic E-state index is 13.4. The van der Waals surface area contributed by atoms with E-state index in [1.165, 1.54) is 0 Å². The van der Waals surface area contributed by atoms with Crippen LogP contribution >= 0.6 is 0 Å². The molecule has 2 aromatic heterocycles. The molecule has 0 spiro atoms. The van der Waals surface area contributed by atoms with Gasteiger partial charge in [-0.15, -0.1) is 0 Å². The summed E-state index contributed by atoms with van der Waals surface area (Å²) < 4.78 is 1.78. The molecule has 45 heavy (non-hydrogen) atoms. The third kappa shape index (κ3) is 6.90. The predicted octanol–water partition coefficient (Wildman–Crippen LogP) is 7.77. The summed E-state index contributed by atoms with van der Waals surface area (Å²) in [5.74, 6) is 1.15. The lowest BCUT2D eigenvalue weighted by Gasteiger charge is -2.32. The zero-order valence-electron chi connectivity index (χ0n) is 26.4. The largest absolute Gasteiger partial charge is 0.339 e. The number of hydrogen-bond donors (Lipinski definition) is 2. The van der Waals surface area contributed by atoms with Crippen LogP contribution in [0.5, 0.6) is 0 Å². The van der Waals surface area contributed by atoms with Crippen molar-refractivity contribution in [1.29, 1.82) is 0 Å². The second-order valence-corrected chi connectivity index (χ2v) is 13.0. The van der Waals surface area contributed by atoms with Crippen molar-refractivity contribution < 1.29 is 9.59 Å². The molecule has 230 valence electrons. The number of piperidine rings is 1. The van der Waals surface area contributed by atoms with E-state index >= 15 is 0 Å². The number of nitrogens with zero attached hydrogens (tertiary/aromatic N) is 4. The first-order chi connectivity index (χ1) is 21.6. The molecule has 0 saturated carbocycles. The summed E-state index contributed by atoms with van der Waals surface area (Å²) in [6.07, 6.45) is 4.48. The number of amides is 3. The van der Waals surface area contributed by atoms with Crippen molar-refractivity contribution in [3.05, 3.63) is 114 Å². The Morgan fingerprint density at radius 3 is 2.40 bits per heavy atom. The van der Waals surface area contributed by atoms with Crippen LogP contribution in [0.2, 0.25) is 0 Å². The number of likely N-dealkylation sites (tertiary alicyclic amines) is 1. The number of aromatic nitrogens is 3. The smallest absolute Gasteiger partial charge is 0.324 e. The van der Waals surface area contributed by atoms with E-state index in [2.05, 4.69) is 42.5 Å². The van der Waals surface area contributed by atoms with E-state index in [-0.39, 0.29) is 17.4 Å². The zero-order valence-corrected chi connectivity index (χ0v) is 26.4. The van der Waals surface area contributed by atoms with Crippen molar-refractivity contribution in [3.8, 4) is 5.69 Å². The number of nitrogens with one attached hydrogen (secondary N) is 2. The summed E-state index contributed by atoms with van der Waals surface area (Å²) in [7, 11) is 0. The van der Waals surface area contributed by atoms with Gasteiger partial charge in [-0.25, -0.2) is 9.48 Å². The van der Waals surface area contributed by atoms with Crippen LogP contribution < -0.4 is 10.6 Å². The average Bonchev–Trinajstić information content (AvgIpc) is 3.45. The molecule has 0 atom stereocenters. The third-order valence-corrected chi connectivity index (χ3v) is 8.49. The number of carbonyl (C=O) groups excluding carboxylic acids is 2. The van der Waals surface area contributed by atoms with Crippen LogP contribution in [0.3, 0.4) is 0 Å². The van der Waals surface area contributed by atoms with Crippen molar-refractivity contribution in [1.82, 2.24) is 19.7 Å². The van der Waals surface area contributed by atoms with Crippen molar-refractivity contribution in [2.75, 3.05) is 23.7 Å². The van der Waals surface area contributed by atoms with Gasteiger partial charge in [-0.3, -0.25) is 15.1 Å². The van der Waals surface area contributed by atoms with Gasteiger partial charge in [0, 0.05) is 41.8 Å². The number of benzene rings is 3. The van der Waals surface area contributed by atoms with Gasteiger partial charge in [0.05, 0.1) is 22.5 Å². The Kier molecular flexibility index (Phi) is 8.39. The standard InChI is InChI=1S/C37H40N6O2/c1-25-12-14-29(15-13-25)43-34(24-33(41-43)37(2,3)4)40-36(45)39-28-9-7-8-27(23-28)22-26-17-20-42(21-18-26)35(44)31-16-19-38-32-11-6-5-10-30(31)32/h5-16,19,23-24,26H,17-18,20-22H2,1-4H3,(H2,39,40,45). The Morgan fingerprint density at radius 1 is 0.889 bits per heavy atom. The molecule has 3 amide bonds. The quantitative estimate of drug-likeness (QED) is 0.208. The van der Waals surface area contributed by atoms with E-state index in [1.807, 2.05) is 90.7 Å². The Labute approximate surface area is 264 Å². The number of anilines is 2. The summed E-state index contributed by atoms with van der Waals surface area (Å²) in [6.45, 7) is 9.82. The normalized spacial score (nSPS) is 14.0. The van der Waals surface area contributed by atoms with Crippen molar-refractivity contribution >= 4 is 34.3 Å². The molecule has 1 aliphatic heterocycles. The lowest BCUT2D eigenvalue weighted by atomic mass is 9.89. The highest BCUT2D eigenvalue weighted by Gasteiger charge is 2.25. The van der Waals surface area contributed by atoms with Gasteiger partial charge >= 0.3 is 6.03 Å². The predicted molar refractivity (Wildman–Crippen MR) is 180 cm³/mol. The molecule has 8 heteroatoms. The van der Waals surface area contributed by atoms with E-state index in [0.29, 0.717) is 17.3 Å². The summed E-state index contributed by atoms with van der Waals surface area (Å²) in [6, 6.07) is 27.3. The minimum Gasteiger partial charge on any atom is -0.339 e. The molecule has 3 heterocycles. The van der Waals surface area contributed by atoms with E-state index in [0.717, 1.165) is 71.5 Å². The second kappa shape index (κ2) is 12.6. The van der Waals surface area contributed by atoms with Crippen molar-refractivity contribution in [2.24, 2.45) is 5.92 Å². The fourth-order valence-corrected chi connectivity index (χ4v) is 5.90. The van der Waals surface area contributed by atoms with Gasteiger partial charge in [0.15, 0.2) is 0 Å². The number of aryl methyl sites for hydroxylation is 1. The maximum Gasteiger partial charge on any atom is 0.324 e. The van der Waals surface area contributed by atoms with E-state index < -0.39 is 0 Å². The number of urea groups is 1. The fraction of sp³-hybridized carbons (Fsp3) is 0.297. The van der Waals surface area contributed by atoms with Crippen LogP contribution in [0.15, 0.2) is 91.1 Å². The van der Waals surface area contributed by atoms with Crippen LogP contribution in [0.25, 0.3) is 16.6 Å². The first-order valence-corrected chi connectivity index (χ1v) is 15.6. The Bertz CT molecular complexity index is 1820. The lowest BCUT2D eigenvalue weighted by molar-refractivity contribution is 0.0692. The third-order valence-electron chi connectivity index (χ3n) is 8.49. The number of para-hydroxylation sites is 1. The molecule has 0 bridgehead atoms. The van der Waals surface area contributed by atoms with Gasteiger partial charge < -0.3 is 10.2 Å². The topological polar surface area (TPSA) is 92.2 Å².